The molecule has 0 fully saturated rings. The Balaban J connectivity index is 3.79. The van der Waals surface area contributed by atoms with Crippen molar-refractivity contribution in [3.63, 3.8) is 0 Å². The van der Waals surface area contributed by atoms with E-state index in [0.29, 0.717) is 25.9 Å². The van der Waals surface area contributed by atoms with Crippen molar-refractivity contribution in [2.45, 2.75) is 31.6 Å². The van der Waals surface area contributed by atoms with Crippen LogP contribution in [0, 0.1) is 20.2 Å². The first-order chi connectivity index (χ1) is 11.2. The number of benzene rings is 1. The molecule has 1 N–H and O–H groups in total. The maximum atomic E-state index is 11.9. The average molecular weight is 360 g/mol. The van der Waals surface area contributed by atoms with Gasteiger partial charge >= 0.3 is 11.4 Å². The van der Waals surface area contributed by atoms with Crippen molar-refractivity contribution in [1.29, 1.82) is 0 Å². The molecular weight excluding hydrogens is 340 g/mol. The van der Waals surface area contributed by atoms with Crippen LogP contribution in [0.25, 0.3) is 0 Å². The van der Waals surface area contributed by atoms with Gasteiger partial charge in [-0.05, 0) is 19.9 Å². The van der Waals surface area contributed by atoms with Crippen molar-refractivity contribution in [3.8, 4) is 0 Å². The van der Waals surface area contributed by atoms with E-state index >= 15 is 0 Å². The molecule has 0 atom stereocenters. The monoisotopic (exact) mass is 360 g/mol. The molecule has 0 heterocycles. The standard InChI is InChI=1S/C13H20N4O6S/c1-4-6-15(7-5-2)13-11(16(18)19)8-10(24(22,23)14-3)9-12(13)17(20)21/h8-9,14H,4-7H2,1-3H3. The maximum absolute atomic E-state index is 11.9. The summed E-state index contributed by atoms with van der Waals surface area (Å²) in [5.74, 6) is 0. The van der Waals surface area contributed by atoms with E-state index in [1.165, 1.54) is 0 Å². The largest absolute Gasteiger partial charge is 0.360 e. The van der Waals surface area contributed by atoms with E-state index in [1.54, 1.807) is 4.90 Å². The number of sulfonamides is 1. The maximum Gasteiger partial charge on any atom is 0.301 e. The van der Waals surface area contributed by atoms with Gasteiger partial charge in [0.1, 0.15) is 0 Å². The van der Waals surface area contributed by atoms with Gasteiger partial charge < -0.3 is 4.90 Å². The summed E-state index contributed by atoms with van der Waals surface area (Å²) in [5, 5.41) is 22.8. The van der Waals surface area contributed by atoms with E-state index in [0.717, 1.165) is 19.2 Å². The molecule has 11 heteroatoms. The Labute approximate surface area is 139 Å². The predicted molar refractivity (Wildman–Crippen MR) is 88.8 cm³/mol. The molecule has 0 saturated heterocycles. The third-order valence-electron chi connectivity index (χ3n) is 3.32. The van der Waals surface area contributed by atoms with E-state index in [2.05, 4.69) is 0 Å². The van der Waals surface area contributed by atoms with Crippen LogP contribution in [0.1, 0.15) is 26.7 Å². The zero-order valence-corrected chi connectivity index (χ0v) is 14.5. The Bertz CT molecular complexity index is 693. The first-order valence-corrected chi connectivity index (χ1v) is 8.83. The number of hydrogen-bond acceptors (Lipinski definition) is 7. The molecule has 0 amide bonds. The first kappa shape index (κ1) is 19.8. The lowest BCUT2D eigenvalue weighted by Gasteiger charge is -2.23. The molecule has 1 aromatic rings. The lowest BCUT2D eigenvalue weighted by Crippen LogP contribution is -2.27. The fourth-order valence-corrected chi connectivity index (χ4v) is 3.10. The molecule has 0 spiro atoms. The molecule has 134 valence electrons. The van der Waals surface area contributed by atoms with Gasteiger partial charge in [-0.1, -0.05) is 13.8 Å². The molecule has 0 aromatic heterocycles. The highest BCUT2D eigenvalue weighted by atomic mass is 32.2. The number of nitrogens with one attached hydrogen (secondary N) is 1. The third kappa shape index (κ3) is 4.17. The van der Waals surface area contributed by atoms with Gasteiger partial charge in [-0.3, -0.25) is 20.2 Å². The highest BCUT2D eigenvalue weighted by Gasteiger charge is 2.33. The molecule has 10 nitrogen and oxygen atoms in total. The fraction of sp³-hybridized carbons (Fsp3) is 0.538. The molecule has 1 aromatic carbocycles. The Kier molecular flexibility index (Phi) is 6.60. The minimum Gasteiger partial charge on any atom is -0.360 e. The SMILES string of the molecule is CCCN(CCC)c1c([N+](=O)[O-])cc(S(=O)(=O)NC)cc1[N+](=O)[O-]. The van der Waals surface area contributed by atoms with Crippen molar-refractivity contribution in [1.82, 2.24) is 4.72 Å². The predicted octanol–water partition coefficient (Wildman–Crippen LogP) is 2.04. The summed E-state index contributed by atoms with van der Waals surface area (Å²) in [5.41, 5.74) is -1.36. The van der Waals surface area contributed by atoms with Crippen LogP contribution in [0.5, 0.6) is 0 Å². The van der Waals surface area contributed by atoms with Gasteiger partial charge in [0, 0.05) is 25.2 Å². The molecule has 0 aliphatic rings. The lowest BCUT2D eigenvalue weighted by molar-refractivity contribution is -0.393. The summed E-state index contributed by atoms with van der Waals surface area (Å²) in [7, 11) is -2.93. The van der Waals surface area contributed by atoms with Crippen molar-refractivity contribution < 1.29 is 18.3 Å². The minimum absolute atomic E-state index is 0.163. The van der Waals surface area contributed by atoms with Gasteiger partial charge in [-0.25, -0.2) is 13.1 Å². The van der Waals surface area contributed by atoms with Crippen LogP contribution in [0.2, 0.25) is 0 Å². The van der Waals surface area contributed by atoms with Gasteiger partial charge in [0.15, 0.2) is 5.69 Å². The molecule has 0 aliphatic heterocycles. The van der Waals surface area contributed by atoms with Gasteiger partial charge in [-0.2, -0.15) is 0 Å². The lowest BCUT2D eigenvalue weighted by atomic mass is 10.2. The number of anilines is 1. The second-order valence-electron chi connectivity index (χ2n) is 5.02. The van der Waals surface area contributed by atoms with Crippen molar-refractivity contribution >= 4 is 27.1 Å². The Hall–Kier alpha value is -2.27. The highest BCUT2D eigenvalue weighted by molar-refractivity contribution is 7.89. The number of nitrogens with zero attached hydrogens (tertiary/aromatic N) is 3. The van der Waals surface area contributed by atoms with E-state index in [1.807, 2.05) is 18.6 Å². The quantitative estimate of drug-likeness (QED) is 0.525. The molecule has 24 heavy (non-hydrogen) atoms. The number of nitro benzene ring substituents is 2. The van der Waals surface area contributed by atoms with Crippen molar-refractivity contribution in [2.75, 3.05) is 25.0 Å². The molecule has 0 aliphatic carbocycles. The van der Waals surface area contributed by atoms with E-state index in [9.17, 15) is 28.6 Å². The van der Waals surface area contributed by atoms with Crippen molar-refractivity contribution in [3.05, 3.63) is 32.4 Å². The van der Waals surface area contributed by atoms with Crippen LogP contribution >= 0.6 is 0 Å². The van der Waals surface area contributed by atoms with Gasteiger partial charge in [-0.15, -0.1) is 0 Å². The van der Waals surface area contributed by atoms with Crippen molar-refractivity contribution in [2.24, 2.45) is 0 Å². The fourth-order valence-electron chi connectivity index (χ4n) is 2.33. The molecule has 0 bridgehead atoms. The summed E-state index contributed by atoms with van der Waals surface area (Å²) < 4.78 is 25.8. The Morgan fingerprint density at radius 2 is 1.46 bits per heavy atom. The van der Waals surface area contributed by atoms with Crippen LogP contribution in [-0.2, 0) is 10.0 Å². The van der Waals surface area contributed by atoms with Gasteiger partial charge in [0.2, 0.25) is 10.0 Å². The zero-order chi connectivity index (χ0) is 18.5. The molecule has 0 radical (unpaired) electrons. The summed E-state index contributed by atoms with van der Waals surface area (Å²) in [4.78, 5) is 22.3. The van der Waals surface area contributed by atoms with Gasteiger partial charge in [0.25, 0.3) is 0 Å². The Morgan fingerprint density at radius 1 is 1.04 bits per heavy atom. The topological polar surface area (TPSA) is 136 Å². The molecule has 0 saturated carbocycles. The molecular formula is C13H20N4O6S. The van der Waals surface area contributed by atoms with E-state index in [-0.39, 0.29) is 5.69 Å². The van der Waals surface area contributed by atoms with E-state index in [4.69, 9.17) is 0 Å². The summed E-state index contributed by atoms with van der Waals surface area (Å²) >= 11 is 0. The second-order valence-corrected chi connectivity index (χ2v) is 6.91. The summed E-state index contributed by atoms with van der Waals surface area (Å²) in [6.45, 7) is 4.46. The number of nitro groups is 2. The normalized spacial score (nSPS) is 11.3. The van der Waals surface area contributed by atoms with Crippen LogP contribution < -0.4 is 9.62 Å². The minimum atomic E-state index is -4.05. The summed E-state index contributed by atoms with van der Waals surface area (Å²) in [6, 6.07) is 1.71. The molecule has 0 unspecified atom stereocenters. The highest BCUT2D eigenvalue weighted by Crippen LogP contribution is 2.40. The Morgan fingerprint density at radius 3 is 1.75 bits per heavy atom. The smallest absolute Gasteiger partial charge is 0.301 e. The van der Waals surface area contributed by atoms with Crippen LogP contribution in [0.15, 0.2) is 17.0 Å². The third-order valence-corrected chi connectivity index (χ3v) is 4.71. The van der Waals surface area contributed by atoms with Crippen LogP contribution in [0.3, 0.4) is 0 Å². The molecule has 1 rings (SSSR count). The number of rotatable bonds is 9. The summed E-state index contributed by atoms with van der Waals surface area (Å²) in [6.07, 6.45) is 1.26. The average Bonchev–Trinajstić information content (AvgIpc) is 2.53. The first-order valence-electron chi connectivity index (χ1n) is 7.34. The van der Waals surface area contributed by atoms with Crippen LogP contribution in [-0.4, -0.2) is 38.4 Å². The van der Waals surface area contributed by atoms with Crippen LogP contribution in [0.4, 0.5) is 17.1 Å². The number of hydrogen-bond donors (Lipinski definition) is 1. The van der Waals surface area contributed by atoms with E-state index < -0.39 is 36.1 Å². The second kappa shape index (κ2) is 8.02. The zero-order valence-electron chi connectivity index (χ0n) is 13.7. The van der Waals surface area contributed by atoms with Gasteiger partial charge in [0.05, 0.1) is 14.7 Å².